The van der Waals surface area contributed by atoms with Crippen molar-refractivity contribution in [3.8, 4) is 22.8 Å². The lowest BCUT2D eigenvalue weighted by Gasteiger charge is -2.39. The number of nitrogens with zero attached hydrogens (tertiary/aromatic N) is 1. The van der Waals surface area contributed by atoms with Crippen LogP contribution in [0.4, 0.5) is 0 Å². The maximum atomic E-state index is 12.5. The van der Waals surface area contributed by atoms with Crippen molar-refractivity contribution in [2.24, 2.45) is 11.1 Å². The molecule has 3 N–H and O–H groups in total. The van der Waals surface area contributed by atoms with E-state index in [2.05, 4.69) is 20.8 Å². The highest BCUT2D eigenvalue weighted by Gasteiger charge is 2.36. The molecule has 1 aliphatic rings. The summed E-state index contributed by atoms with van der Waals surface area (Å²) in [6, 6.07) is 5.11. The molecule has 186 valence electrons. The SMILES string of the molecule is COc1cc2c(cc1OCCCCCCCCN)CC(C(C)(C)C)n1ccc(=O)c(C(=O)O)c1-2. The van der Waals surface area contributed by atoms with E-state index in [4.69, 9.17) is 15.2 Å². The Morgan fingerprint density at radius 3 is 2.41 bits per heavy atom. The minimum Gasteiger partial charge on any atom is -0.493 e. The van der Waals surface area contributed by atoms with Gasteiger partial charge in [0.2, 0.25) is 0 Å². The van der Waals surface area contributed by atoms with Crippen LogP contribution < -0.4 is 20.6 Å². The second-order valence-electron chi connectivity index (χ2n) is 10.1. The van der Waals surface area contributed by atoms with Crippen LogP contribution in [-0.4, -0.2) is 35.9 Å². The van der Waals surface area contributed by atoms with Crippen molar-refractivity contribution in [2.75, 3.05) is 20.3 Å². The molecule has 0 saturated heterocycles. The van der Waals surface area contributed by atoms with E-state index in [1.165, 1.54) is 25.3 Å². The molecule has 3 rings (SSSR count). The molecule has 34 heavy (non-hydrogen) atoms. The quantitative estimate of drug-likeness (QED) is 0.446. The van der Waals surface area contributed by atoms with E-state index in [0.29, 0.717) is 35.8 Å². The monoisotopic (exact) mass is 470 g/mol. The van der Waals surface area contributed by atoms with E-state index in [0.717, 1.165) is 31.4 Å². The van der Waals surface area contributed by atoms with Gasteiger partial charge in [0, 0.05) is 23.9 Å². The minimum atomic E-state index is -1.22. The van der Waals surface area contributed by atoms with Gasteiger partial charge in [0.25, 0.3) is 0 Å². The number of pyridine rings is 1. The van der Waals surface area contributed by atoms with Crippen LogP contribution in [0.1, 0.15) is 81.3 Å². The fraction of sp³-hybridized carbons (Fsp3) is 0.556. The third kappa shape index (κ3) is 5.63. The Morgan fingerprint density at radius 1 is 1.12 bits per heavy atom. The van der Waals surface area contributed by atoms with Crippen molar-refractivity contribution in [3.05, 3.63) is 45.7 Å². The summed E-state index contributed by atoms with van der Waals surface area (Å²) in [5.41, 5.74) is 6.80. The summed E-state index contributed by atoms with van der Waals surface area (Å²) in [5, 5.41) is 9.88. The third-order valence-electron chi connectivity index (χ3n) is 6.59. The van der Waals surface area contributed by atoms with Gasteiger partial charge in [0.05, 0.1) is 19.4 Å². The lowest BCUT2D eigenvalue weighted by atomic mass is 9.78. The molecule has 7 heteroatoms. The number of aromatic carboxylic acids is 1. The fourth-order valence-corrected chi connectivity index (χ4v) is 4.72. The Morgan fingerprint density at radius 2 is 1.79 bits per heavy atom. The van der Waals surface area contributed by atoms with E-state index in [9.17, 15) is 14.7 Å². The summed E-state index contributed by atoms with van der Waals surface area (Å²) in [6.45, 7) is 7.72. The number of rotatable bonds is 11. The van der Waals surface area contributed by atoms with Crippen LogP contribution in [0.25, 0.3) is 11.3 Å². The number of fused-ring (bicyclic) bond motifs is 3. The first kappa shape index (κ1) is 25.8. The van der Waals surface area contributed by atoms with Crippen LogP contribution in [-0.2, 0) is 6.42 Å². The van der Waals surface area contributed by atoms with Gasteiger partial charge in [-0.2, -0.15) is 0 Å². The fourth-order valence-electron chi connectivity index (χ4n) is 4.72. The predicted molar refractivity (Wildman–Crippen MR) is 134 cm³/mol. The number of methoxy groups -OCH3 is 1. The van der Waals surface area contributed by atoms with Crippen LogP contribution in [0, 0.1) is 5.41 Å². The number of carboxylic acids is 1. The van der Waals surface area contributed by atoms with Gasteiger partial charge < -0.3 is 24.9 Å². The molecule has 7 nitrogen and oxygen atoms in total. The number of benzene rings is 1. The van der Waals surface area contributed by atoms with Gasteiger partial charge >= 0.3 is 5.97 Å². The van der Waals surface area contributed by atoms with Crippen molar-refractivity contribution in [3.63, 3.8) is 0 Å². The van der Waals surface area contributed by atoms with Gasteiger partial charge in [-0.15, -0.1) is 0 Å². The van der Waals surface area contributed by atoms with Crippen LogP contribution in [0.2, 0.25) is 0 Å². The first-order valence-corrected chi connectivity index (χ1v) is 12.2. The summed E-state index contributed by atoms with van der Waals surface area (Å²) in [7, 11) is 1.57. The molecule has 1 unspecified atom stereocenters. The summed E-state index contributed by atoms with van der Waals surface area (Å²) < 4.78 is 13.6. The summed E-state index contributed by atoms with van der Waals surface area (Å²) in [5.74, 6) is -0.0312. The highest BCUT2D eigenvalue weighted by atomic mass is 16.5. The number of hydrogen-bond donors (Lipinski definition) is 2. The normalized spacial score (nSPS) is 14.9. The minimum absolute atomic E-state index is 0.0107. The molecular weight excluding hydrogens is 432 g/mol. The molecule has 0 aliphatic carbocycles. The zero-order chi connectivity index (χ0) is 24.9. The number of carboxylic acid groups (broad SMARTS) is 1. The smallest absolute Gasteiger partial charge is 0.341 e. The summed E-state index contributed by atoms with van der Waals surface area (Å²) >= 11 is 0. The third-order valence-corrected chi connectivity index (χ3v) is 6.59. The van der Waals surface area contributed by atoms with Crippen LogP contribution >= 0.6 is 0 Å². The average Bonchev–Trinajstić information content (AvgIpc) is 2.78. The van der Waals surface area contributed by atoms with Gasteiger partial charge in [-0.3, -0.25) is 4.79 Å². The molecular formula is C27H38N2O5. The largest absolute Gasteiger partial charge is 0.493 e. The van der Waals surface area contributed by atoms with E-state index in [1.807, 2.05) is 16.7 Å². The highest BCUT2D eigenvalue weighted by molar-refractivity contribution is 5.96. The number of hydrogen-bond acceptors (Lipinski definition) is 5. The van der Waals surface area contributed by atoms with Crippen LogP contribution in [0.3, 0.4) is 0 Å². The van der Waals surface area contributed by atoms with E-state index in [-0.39, 0.29) is 17.0 Å². The van der Waals surface area contributed by atoms with Gasteiger partial charge in [0.15, 0.2) is 16.9 Å². The number of carbonyl (C=O) groups is 1. The Kier molecular flexibility index (Phi) is 8.42. The van der Waals surface area contributed by atoms with E-state index < -0.39 is 11.4 Å². The zero-order valence-electron chi connectivity index (χ0n) is 20.9. The number of nitrogens with two attached hydrogens (primary N) is 1. The lowest BCUT2D eigenvalue weighted by Crippen LogP contribution is -2.33. The zero-order valence-corrected chi connectivity index (χ0v) is 20.9. The maximum absolute atomic E-state index is 12.5. The second kappa shape index (κ2) is 11.1. The molecule has 1 atom stereocenters. The summed E-state index contributed by atoms with van der Waals surface area (Å²) in [4.78, 5) is 24.6. The molecule has 0 spiro atoms. The molecule has 2 aromatic rings. The molecule has 1 aliphatic heterocycles. The maximum Gasteiger partial charge on any atom is 0.341 e. The molecule has 1 aromatic carbocycles. The average molecular weight is 471 g/mol. The molecule has 0 saturated carbocycles. The molecule has 0 amide bonds. The van der Waals surface area contributed by atoms with Gasteiger partial charge in [-0.25, -0.2) is 4.79 Å². The number of unbranched alkanes of at least 4 members (excludes halogenated alkanes) is 5. The van der Waals surface area contributed by atoms with Crippen molar-refractivity contribution in [2.45, 2.75) is 71.8 Å². The Labute approximate surface area is 201 Å². The van der Waals surface area contributed by atoms with Crippen molar-refractivity contribution in [1.29, 1.82) is 0 Å². The Balaban J connectivity index is 1.92. The molecule has 2 heterocycles. The topological polar surface area (TPSA) is 104 Å². The van der Waals surface area contributed by atoms with Crippen molar-refractivity contribution >= 4 is 5.97 Å². The Bertz CT molecular complexity index is 1070. The number of ether oxygens (including phenoxy) is 2. The highest BCUT2D eigenvalue weighted by Crippen LogP contribution is 2.46. The lowest BCUT2D eigenvalue weighted by molar-refractivity contribution is 0.0694. The van der Waals surface area contributed by atoms with Crippen molar-refractivity contribution in [1.82, 2.24) is 4.57 Å². The molecule has 1 aromatic heterocycles. The second-order valence-corrected chi connectivity index (χ2v) is 10.1. The molecule has 0 bridgehead atoms. The Hall–Kier alpha value is -2.80. The van der Waals surface area contributed by atoms with E-state index >= 15 is 0 Å². The summed E-state index contributed by atoms with van der Waals surface area (Å²) in [6.07, 6.45) is 9.09. The molecule has 0 fully saturated rings. The molecule has 0 radical (unpaired) electrons. The van der Waals surface area contributed by atoms with Crippen LogP contribution in [0.15, 0.2) is 29.2 Å². The standard InChI is InChI=1S/C27H38N2O5/c1-27(2,3)23-16-18-15-22(34-14-10-8-6-5-7-9-12-28)21(33-4)17-19(18)25-24(26(31)32)20(30)11-13-29(23)25/h11,13,15,17,23H,5-10,12,14,16,28H2,1-4H3,(H,31,32). The first-order chi connectivity index (χ1) is 16.2. The first-order valence-electron chi connectivity index (χ1n) is 12.2. The number of aromatic nitrogens is 1. The van der Waals surface area contributed by atoms with Crippen LogP contribution in [0.5, 0.6) is 11.5 Å². The van der Waals surface area contributed by atoms with Gasteiger partial charge in [-0.1, -0.05) is 46.5 Å². The predicted octanol–water partition coefficient (Wildman–Crippen LogP) is 5.04. The van der Waals surface area contributed by atoms with Gasteiger partial charge in [-0.05, 0) is 48.9 Å². The van der Waals surface area contributed by atoms with Crippen molar-refractivity contribution < 1.29 is 19.4 Å². The van der Waals surface area contributed by atoms with Gasteiger partial charge in [0.1, 0.15) is 5.56 Å². The van der Waals surface area contributed by atoms with E-state index in [1.54, 1.807) is 13.3 Å².